The minimum atomic E-state index is -1.41. The van der Waals surface area contributed by atoms with Crippen LogP contribution in [-0.2, 0) is 20.9 Å². The molecule has 0 aromatic carbocycles. The van der Waals surface area contributed by atoms with E-state index in [4.69, 9.17) is 37.6 Å². The number of nitrogens with zero attached hydrogens (tertiary/aromatic N) is 2. The molecule has 2 unspecified atom stereocenters. The summed E-state index contributed by atoms with van der Waals surface area (Å²) < 4.78 is 11.9. The van der Waals surface area contributed by atoms with Gasteiger partial charge < -0.3 is 0 Å². The molecule has 0 aliphatic carbocycles. The maximum absolute atomic E-state index is 6.59. The van der Waals surface area contributed by atoms with Crippen LogP contribution >= 0.6 is 30.5 Å². The minimum absolute atomic E-state index is 0.454. The summed E-state index contributed by atoms with van der Waals surface area (Å²) in [5.41, 5.74) is 0. The Hall–Kier alpha value is 0.290. The monoisotopic (exact) mass is 440 g/mol. The van der Waals surface area contributed by atoms with Crippen molar-refractivity contribution in [2.24, 2.45) is 5.10 Å². The first-order chi connectivity index (χ1) is 12.5. The SMILES string of the molecule is CCCCCCO[P+](=S)OC1=N[N+](C)(CCCCCC)C(SCC)=C1Cl. The average Bonchev–Trinajstić information content (AvgIpc) is 2.83. The number of unbranched alkanes of at least 4 members (excludes halogenated alkanes) is 6. The Morgan fingerprint density at radius 1 is 1.08 bits per heavy atom. The van der Waals surface area contributed by atoms with Gasteiger partial charge in [-0.05, 0) is 24.4 Å². The van der Waals surface area contributed by atoms with Gasteiger partial charge >= 0.3 is 13.0 Å². The molecule has 0 saturated heterocycles. The summed E-state index contributed by atoms with van der Waals surface area (Å²) in [7, 11) is 0.684. The number of rotatable bonds is 14. The fourth-order valence-electron chi connectivity index (χ4n) is 2.75. The van der Waals surface area contributed by atoms with Gasteiger partial charge in [0, 0.05) is 5.75 Å². The molecule has 1 aliphatic heterocycles. The van der Waals surface area contributed by atoms with Crippen molar-refractivity contribution < 1.29 is 13.6 Å². The van der Waals surface area contributed by atoms with E-state index in [0.29, 0.717) is 22.1 Å². The van der Waals surface area contributed by atoms with Crippen LogP contribution in [0.1, 0.15) is 72.1 Å². The van der Waals surface area contributed by atoms with Gasteiger partial charge in [0.05, 0.1) is 7.05 Å². The Labute approximate surface area is 174 Å². The number of quaternary nitrogens is 1. The van der Waals surface area contributed by atoms with E-state index in [2.05, 4.69) is 27.8 Å². The van der Waals surface area contributed by atoms with E-state index in [9.17, 15) is 0 Å². The smallest absolute Gasteiger partial charge is 0.222 e. The van der Waals surface area contributed by atoms with Crippen molar-refractivity contribution in [1.82, 2.24) is 0 Å². The molecule has 1 aliphatic rings. The molecule has 0 bridgehead atoms. The molecule has 1 heterocycles. The Kier molecular flexibility index (Phi) is 12.6. The quantitative estimate of drug-likeness (QED) is 0.167. The van der Waals surface area contributed by atoms with Gasteiger partial charge in [0.15, 0.2) is 5.03 Å². The normalized spacial score (nSPS) is 20.5. The van der Waals surface area contributed by atoms with Gasteiger partial charge in [-0.15, -0.1) is 4.52 Å². The summed E-state index contributed by atoms with van der Waals surface area (Å²) in [4.78, 5) is 0. The van der Waals surface area contributed by atoms with Crippen LogP contribution in [0.25, 0.3) is 0 Å². The van der Waals surface area contributed by atoms with Crippen LogP contribution in [-0.4, -0.2) is 36.4 Å². The summed E-state index contributed by atoms with van der Waals surface area (Å²) in [6, 6.07) is 0. The Bertz CT molecular complexity index is 517. The van der Waals surface area contributed by atoms with Crippen molar-refractivity contribution in [1.29, 1.82) is 0 Å². The maximum Gasteiger partial charge on any atom is 0.575 e. The molecule has 2 atom stereocenters. The molecular weight excluding hydrogens is 407 g/mol. The topological polar surface area (TPSA) is 30.8 Å². The summed E-state index contributed by atoms with van der Waals surface area (Å²) >= 11 is 13.7. The third-order valence-corrected chi connectivity index (χ3v) is 7.08. The van der Waals surface area contributed by atoms with Crippen molar-refractivity contribution in [3.8, 4) is 0 Å². The third-order valence-electron chi connectivity index (χ3n) is 4.21. The van der Waals surface area contributed by atoms with Crippen LogP contribution in [0.3, 0.4) is 0 Å². The highest BCUT2D eigenvalue weighted by molar-refractivity contribution is 8.03. The zero-order valence-electron chi connectivity index (χ0n) is 16.6. The number of hydrogen-bond acceptors (Lipinski definition) is 5. The molecule has 0 amide bonds. The van der Waals surface area contributed by atoms with Crippen LogP contribution in [0.15, 0.2) is 15.2 Å². The molecule has 1 rings (SSSR count). The van der Waals surface area contributed by atoms with E-state index < -0.39 is 7.15 Å². The van der Waals surface area contributed by atoms with Gasteiger partial charge in [0.1, 0.15) is 13.2 Å². The number of hydrogen-bond donors (Lipinski definition) is 0. The van der Waals surface area contributed by atoms with Crippen LogP contribution in [0.2, 0.25) is 0 Å². The first-order valence-corrected chi connectivity index (χ1v) is 13.3. The van der Waals surface area contributed by atoms with Crippen molar-refractivity contribution in [3.63, 3.8) is 0 Å². The van der Waals surface area contributed by atoms with Gasteiger partial charge in [-0.1, -0.05) is 76.2 Å². The molecule has 8 heteroatoms. The maximum atomic E-state index is 6.59. The molecule has 0 saturated carbocycles. The van der Waals surface area contributed by atoms with Gasteiger partial charge in [-0.2, -0.15) is 4.59 Å². The molecule has 150 valence electrons. The predicted molar refractivity (Wildman–Crippen MR) is 119 cm³/mol. The lowest BCUT2D eigenvalue weighted by atomic mass is 10.2. The molecular formula is C18H34ClN2O2PS2+2. The van der Waals surface area contributed by atoms with Crippen LogP contribution in [0, 0.1) is 0 Å². The van der Waals surface area contributed by atoms with E-state index in [1.54, 1.807) is 11.8 Å². The highest BCUT2D eigenvalue weighted by Crippen LogP contribution is 2.41. The van der Waals surface area contributed by atoms with E-state index in [0.717, 1.165) is 30.2 Å². The lowest BCUT2D eigenvalue weighted by Gasteiger charge is -2.25. The molecule has 4 nitrogen and oxygen atoms in total. The third kappa shape index (κ3) is 8.12. The molecule has 0 aromatic heterocycles. The second-order valence-corrected chi connectivity index (χ2v) is 10.0. The van der Waals surface area contributed by atoms with Crippen LogP contribution < -0.4 is 0 Å². The van der Waals surface area contributed by atoms with Gasteiger partial charge in [0.2, 0.25) is 16.8 Å². The van der Waals surface area contributed by atoms with Gasteiger partial charge in [0.25, 0.3) is 0 Å². The zero-order chi connectivity index (χ0) is 19.4. The Morgan fingerprint density at radius 2 is 1.73 bits per heavy atom. The minimum Gasteiger partial charge on any atom is -0.222 e. The standard InChI is InChI=1S/C18H34ClN2O2PS2/c1-5-8-10-12-14-21(4)18(26-7-3)16(19)17(20-21)23-24(25)22-15-13-11-9-6-2/h5-15H2,1-4H3/q+2. The number of halogens is 1. The fraction of sp³-hybridized carbons (Fsp3) is 0.833. The van der Waals surface area contributed by atoms with Crippen molar-refractivity contribution in [2.45, 2.75) is 72.1 Å². The van der Waals surface area contributed by atoms with Crippen LogP contribution in [0.4, 0.5) is 0 Å². The summed E-state index contributed by atoms with van der Waals surface area (Å²) in [5, 5.41) is 6.43. The van der Waals surface area contributed by atoms with Crippen molar-refractivity contribution in [3.05, 3.63) is 10.1 Å². The van der Waals surface area contributed by atoms with Crippen molar-refractivity contribution in [2.75, 3.05) is 26.0 Å². The van der Waals surface area contributed by atoms with Gasteiger partial charge in [-0.3, -0.25) is 0 Å². The first-order valence-electron chi connectivity index (χ1n) is 9.75. The average molecular weight is 441 g/mol. The molecule has 26 heavy (non-hydrogen) atoms. The molecule has 0 aromatic rings. The highest BCUT2D eigenvalue weighted by atomic mass is 35.5. The second kappa shape index (κ2) is 13.5. The van der Waals surface area contributed by atoms with E-state index in [1.165, 1.54) is 38.5 Å². The molecule has 0 radical (unpaired) electrons. The fourth-order valence-corrected chi connectivity index (χ4v) is 5.16. The molecule has 0 N–H and O–H groups in total. The van der Waals surface area contributed by atoms with Gasteiger partial charge in [-0.25, -0.2) is 4.52 Å². The second-order valence-electron chi connectivity index (χ2n) is 6.59. The Balaban J connectivity index is 2.64. The van der Waals surface area contributed by atoms with Crippen molar-refractivity contribution >= 4 is 48.2 Å². The summed E-state index contributed by atoms with van der Waals surface area (Å²) in [6.45, 7) is 8.11. The van der Waals surface area contributed by atoms with Crippen LogP contribution in [0.5, 0.6) is 0 Å². The van der Waals surface area contributed by atoms with E-state index in [1.807, 2.05) is 0 Å². The Morgan fingerprint density at radius 3 is 2.35 bits per heavy atom. The highest BCUT2D eigenvalue weighted by Gasteiger charge is 2.43. The lowest BCUT2D eigenvalue weighted by Crippen LogP contribution is -2.35. The predicted octanol–water partition coefficient (Wildman–Crippen LogP) is 6.89. The largest absolute Gasteiger partial charge is 0.575 e. The van der Waals surface area contributed by atoms with E-state index in [-0.39, 0.29) is 0 Å². The number of thioether (sulfide) groups is 1. The zero-order valence-corrected chi connectivity index (χ0v) is 19.9. The lowest BCUT2D eigenvalue weighted by molar-refractivity contribution is -0.869. The summed E-state index contributed by atoms with van der Waals surface area (Å²) in [5.74, 6) is 1.41. The first kappa shape index (κ1) is 24.3. The molecule has 0 fully saturated rings. The molecule has 0 spiro atoms. The van der Waals surface area contributed by atoms with E-state index >= 15 is 0 Å². The summed E-state index contributed by atoms with van der Waals surface area (Å²) in [6.07, 6.45) is 9.44.